The highest BCUT2D eigenvalue weighted by molar-refractivity contribution is 6.79. The number of esters is 2. The Kier molecular flexibility index (Phi) is 3.40. The van der Waals surface area contributed by atoms with E-state index in [0.29, 0.717) is 12.8 Å². The maximum Gasteiger partial charge on any atom is 0.322 e. The van der Waals surface area contributed by atoms with Crippen molar-refractivity contribution in [3.05, 3.63) is 79.9 Å². The van der Waals surface area contributed by atoms with E-state index < -0.39 is 32.5 Å². The van der Waals surface area contributed by atoms with Crippen molar-refractivity contribution in [2.45, 2.75) is 61.2 Å². The zero-order valence-corrected chi connectivity index (χ0v) is 45.0. The molecule has 12 bridgehead atoms. The summed E-state index contributed by atoms with van der Waals surface area (Å²) in [6.45, 7) is 4.19. The minimum absolute atomic E-state index is 0.00318. The maximum atomic E-state index is 17.8. The lowest BCUT2D eigenvalue weighted by atomic mass is 9.66. The van der Waals surface area contributed by atoms with Gasteiger partial charge in [0.25, 0.3) is 0 Å². The molecule has 0 saturated heterocycles. The Morgan fingerprint density at radius 1 is 0.279 bits per heavy atom. The summed E-state index contributed by atoms with van der Waals surface area (Å²) < 4.78 is 13.8. The van der Waals surface area contributed by atoms with Gasteiger partial charge in [-0.25, -0.2) is 0 Å². The summed E-state index contributed by atoms with van der Waals surface area (Å²) in [5.74, 6) is -0.750. The Balaban J connectivity index is 1.03. The molecule has 2 fully saturated rings. The van der Waals surface area contributed by atoms with Crippen molar-refractivity contribution in [1.29, 1.82) is 0 Å². The molecule has 25 aromatic carbocycles. The average molecular weight is 1080 g/mol. The topological polar surface area (TPSA) is 86.7 Å². The number of hydrogen-bond donors (Lipinski definition) is 0. The van der Waals surface area contributed by atoms with E-state index in [0.717, 1.165) is 44.5 Å². The van der Waals surface area contributed by atoms with Crippen LogP contribution in [0.2, 0.25) is 0 Å². The summed E-state index contributed by atoms with van der Waals surface area (Å²) in [6.07, 6.45) is 1.33. The number of ketones is 2. The van der Waals surface area contributed by atoms with Crippen LogP contribution in [-0.2, 0) is 63.2 Å². The number of carbonyl (C=O) groups is 4. The second kappa shape index (κ2) is 8.24. The van der Waals surface area contributed by atoms with Gasteiger partial charge in [-0.3, -0.25) is 19.2 Å². The zero-order chi connectivity index (χ0) is 53.3. The second-order valence-electron chi connectivity index (χ2n) is 30.6. The predicted molar refractivity (Wildman–Crippen MR) is 337 cm³/mol. The maximum absolute atomic E-state index is 17.8. The van der Waals surface area contributed by atoms with Gasteiger partial charge in [0.1, 0.15) is 0 Å². The van der Waals surface area contributed by atoms with Crippen LogP contribution in [0.1, 0.15) is 82.3 Å². The molecule has 14 aliphatic rings. The molecular formula is C80H22O6. The van der Waals surface area contributed by atoms with Gasteiger partial charge in [-0.2, -0.15) is 0 Å². The zero-order valence-electron chi connectivity index (χ0n) is 45.0. The van der Waals surface area contributed by atoms with Crippen LogP contribution in [0.3, 0.4) is 0 Å². The summed E-state index contributed by atoms with van der Waals surface area (Å²) in [6, 6.07) is 8.59. The summed E-state index contributed by atoms with van der Waals surface area (Å²) >= 11 is 0. The van der Waals surface area contributed by atoms with Crippen LogP contribution in [0, 0.1) is 10.8 Å². The van der Waals surface area contributed by atoms with Gasteiger partial charge in [0.05, 0.1) is 34.9 Å². The molecule has 0 radical (unpaired) electrons. The third-order valence-corrected chi connectivity index (χ3v) is 30.6. The Morgan fingerprint density at radius 2 is 0.453 bits per heavy atom. The summed E-state index contributed by atoms with van der Waals surface area (Å²) in [5.41, 5.74) is 5.99. The van der Waals surface area contributed by atoms with Gasteiger partial charge in [0, 0.05) is 12.8 Å². The van der Waals surface area contributed by atoms with Crippen LogP contribution in [0.5, 0.6) is 0 Å². The van der Waals surface area contributed by atoms with Crippen molar-refractivity contribution >= 4 is 271 Å². The molecule has 0 amide bonds. The van der Waals surface area contributed by atoms with Crippen LogP contribution in [0.15, 0.2) is 24.3 Å². The van der Waals surface area contributed by atoms with Gasteiger partial charge in [-0.1, -0.05) is 24.3 Å². The second-order valence-corrected chi connectivity index (χ2v) is 30.6. The first-order valence-corrected chi connectivity index (χ1v) is 32.0. The summed E-state index contributed by atoms with van der Waals surface area (Å²) in [4.78, 5) is 70.4. The Labute approximate surface area is 473 Å². The first-order chi connectivity index (χ1) is 42.4. The number of Topliss-reactive ketones (excluding diaryl/α,β-unsaturated/α-hetero) is 2. The molecule has 2 saturated carbocycles. The van der Waals surface area contributed by atoms with Gasteiger partial charge >= 0.3 is 11.9 Å². The first-order valence-electron chi connectivity index (χ1n) is 32.0. The van der Waals surface area contributed by atoms with Gasteiger partial charge in [0.2, 0.25) is 0 Å². The fraction of sp³-hybridized carbons (Fsp3) is 0.175. The molecule has 25 aromatic rings. The molecule has 2 unspecified atom stereocenters. The number of hydrogen-bond acceptors (Lipinski definition) is 6. The third-order valence-electron chi connectivity index (χ3n) is 30.6. The molecular weight excluding hydrogens is 1060 g/mol. The largest absolute Gasteiger partial charge is 0.465 e. The quantitative estimate of drug-likeness (QED) is 0.0991. The highest BCUT2D eigenvalue weighted by Crippen LogP contribution is 3.02. The molecule has 378 valence electrons. The summed E-state index contributed by atoms with van der Waals surface area (Å²) in [5, 5.41) is 63.2. The van der Waals surface area contributed by atoms with Crippen molar-refractivity contribution in [3.63, 3.8) is 0 Å². The SMILES string of the molecule is CCOC(=O)C12C(=O)CCc3ccc(cc3)CCC(=O)[C@@]3(C(=O)OCC)C45c6c7c8c9c%10c%11c%12c%13c%14c%15c%16c(c-7c4c4c7c%17c%18c%19c(c%20c6c9c6c%20c9c%19c%19c%20c%18c%18c7c(c4%16)c4c%15c7c%13c%13c%12c%12c%10c6c6c9c%19c9c(c%126)c%13c6c7c4c%18c%20c69)C%1753)C%141C8%112. The lowest BCUT2D eigenvalue weighted by Crippen LogP contribution is -2.38. The van der Waals surface area contributed by atoms with E-state index in [4.69, 9.17) is 9.47 Å². The smallest absolute Gasteiger partial charge is 0.322 e. The molecule has 14 aliphatic carbocycles. The predicted octanol–water partition coefficient (Wildman–Crippen LogP) is 16.7. The molecule has 0 heterocycles. The molecule has 0 aromatic heterocycles. The molecule has 6 nitrogen and oxygen atoms in total. The number of carbonyl (C=O) groups excluding carboxylic acids is 4. The van der Waals surface area contributed by atoms with Gasteiger partial charge in [0.15, 0.2) is 22.4 Å². The van der Waals surface area contributed by atoms with E-state index in [9.17, 15) is 0 Å². The number of aryl methyl sites for hydroxylation is 2. The molecule has 0 N–H and O–H groups in total. The van der Waals surface area contributed by atoms with Crippen LogP contribution >= 0.6 is 0 Å². The monoisotopic (exact) mass is 1080 g/mol. The fourth-order valence-corrected chi connectivity index (χ4v) is 30.5. The first kappa shape index (κ1) is 35.5. The molecule has 0 aliphatic heterocycles. The lowest BCUT2D eigenvalue weighted by Gasteiger charge is -2.34. The minimum Gasteiger partial charge on any atom is -0.465 e. The van der Waals surface area contributed by atoms with Crippen molar-refractivity contribution in [1.82, 2.24) is 0 Å². The lowest BCUT2D eigenvalue weighted by molar-refractivity contribution is -0.156. The Bertz CT molecular complexity index is 7810. The normalized spacial score (nSPS) is 28.9. The molecule has 6 heteroatoms. The van der Waals surface area contributed by atoms with Crippen LogP contribution in [0.25, 0.3) is 259 Å². The van der Waals surface area contributed by atoms with E-state index in [1.165, 1.54) is 270 Å². The van der Waals surface area contributed by atoms with Crippen molar-refractivity contribution in [2.24, 2.45) is 10.8 Å². The Morgan fingerprint density at radius 3 is 0.674 bits per heavy atom. The van der Waals surface area contributed by atoms with E-state index in [2.05, 4.69) is 24.3 Å². The van der Waals surface area contributed by atoms with E-state index in [1.807, 2.05) is 13.8 Å². The van der Waals surface area contributed by atoms with E-state index in [1.54, 1.807) is 0 Å². The van der Waals surface area contributed by atoms with Crippen molar-refractivity contribution < 1.29 is 28.7 Å². The number of ether oxygens (including phenoxy) is 2. The summed E-state index contributed by atoms with van der Waals surface area (Å²) in [7, 11) is 0. The standard InChI is InChI=1S/C80H22O6/c1-3-85-73(83)75-15(81)11-9-13-5-7-14(8-6-13)10-12-16(82)76(74(84)86-4-2)78-67-53-45-34-26-19-17-18-20-25(19)38(45)46-35-27(20)24-29-22(18)31-30-21(17)28-23(26)32-39-47-36(28)41(30)51-52-42(31)37(29)48-40-33(24)44(35)56-60-50(40)62-58(48)66(52)77(75)65(51)57(47)61-49(39)59(55(67)43(32)34)69(78)63-64(72(62)80(75,77)71(61)63)70(60)79(76,78)68(56)54(46)53/h5-8H,3-4,9-12H2,1-2H3/t75-,76?,77?,78?,79?,80?/m0/s1. The van der Waals surface area contributed by atoms with E-state index >= 15 is 19.2 Å². The molecule has 4 spiro atoms. The number of benzene rings is 17. The molecule has 86 heavy (non-hydrogen) atoms. The fourth-order valence-electron chi connectivity index (χ4n) is 30.5. The molecule has 3 atom stereocenters. The third kappa shape index (κ3) is 1.90. The average Bonchev–Trinajstić information content (AvgIpc) is 1.34. The van der Waals surface area contributed by atoms with Crippen molar-refractivity contribution in [2.75, 3.05) is 13.2 Å². The number of rotatable bonds is 4. The molecule has 39 rings (SSSR count). The highest BCUT2D eigenvalue weighted by Gasteiger charge is 3.04. The van der Waals surface area contributed by atoms with Gasteiger partial charge in [-0.15, -0.1) is 0 Å². The van der Waals surface area contributed by atoms with Gasteiger partial charge < -0.3 is 9.47 Å². The van der Waals surface area contributed by atoms with Crippen LogP contribution < -0.4 is 0 Å². The van der Waals surface area contributed by atoms with E-state index in [-0.39, 0.29) is 49.6 Å². The van der Waals surface area contributed by atoms with Gasteiger partial charge in [-0.05, 0) is 341 Å². The van der Waals surface area contributed by atoms with Crippen LogP contribution in [-0.4, -0.2) is 36.7 Å². The Hall–Kier alpha value is -9.78. The van der Waals surface area contributed by atoms with Crippen molar-refractivity contribution in [3.8, 4) is 11.1 Å². The minimum atomic E-state index is -1.68. The van der Waals surface area contributed by atoms with Crippen LogP contribution in [0.4, 0.5) is 0 Å². The highest BCUT2D eigenvalue weighted by atomic mass is 16.5.